The number of aromatic nitrogens is 1. The summed E-state index contributed by atoms with van der Waals surface area (Å²) in [6.07, 6.45) is 14.1. The minimum Gasteiger partial charge on any atom is -0.506 e. The number of rotatable bonds is 4. The monoisotopic (exact) mass is 510 g/mol. The Morgan fingerprint density at radius 2 is 1.61 bits per heavy atom. The first kappa shape index (κ1) is 36.5. The number of aliphatic hydroxyl groups is 1. The highest BCUT2D eigenvalue weighted by atomic mass is 19.4. The number of fused-ring (bicyclic) bond motifs is 1. The van der Waals surface area contributed by atoms with Crippen LogP contribution in [0.15, 0.2) is 36.1 Å². The van der Waals surface area contributed by atoms with Crippen LogP contribution in [-0.4, -0.2) is 41.2 Å². The fourth-order valence-electron chi connectivity index (χ4n) is 2.33. The number of amides is 1. The summed E-state index contributed by atoms with van der Waals surface area (Å²) in [4.78, 5) is 12.1. The third-order valence-corrected chi connectivity index (χ3v) is 3.75. The van der Waals surface area contributed by atoms with Gasteiger partial charge in [0.15, 0.2) is 0 Å². The van der Waals surface area contributed by atoms with Crippen molar-refractivity contribution in [2.75, 3.05) is 13.7 Å². The fraction of sp³-hybridized carbons (Fsp3) is 0.320. The van der Waals surface area contributed by atoms with Crippen molar-refractivity contribution in [2.45, 2.75) is 33.4 Å². The number of aromatic hydroxyl groups is 1. The van der Waals surface area contributed by atoms with Gasteiger partial charge in [-0.2, -0.15) is 13.2 Å². The lowest BCUT2D eigenvalue weighted by Crippen LogP contribution is -2.14. The van der Waals surface area contributed by atoms with E-state index in [1.165, 1.54) is 18.2 Å². The summed E-state index contributed by atoms with van der Waals surface area (Å²) in [6, 6.07) is 4.55. The standard InChI is InChI=1S/C19H22F3N3O2.2C2H2.CH3NO.CH4O/c1-18(2,3)9-8-11(10-23)27-17(24)13-4-6-14(26)16-12(13)5-7-15(25-16)19(20,21)22;2*1-2;2-1-3;1-2/h4-8,24,26H,9-10,23H2,1-3H3;2*1-2H;1H,(H2,2,3);2H,1H3/b11-8+,24-17?;;;;. The second-order valence-electron chi connectivity index (χ2n) is 7.43. The lowest BCUT2D eigenvalue weighted by atomic mass is 9.92. The van der Waals surface area contributed by atoms with Crippen LogP contribution >= 0.6 is 0 Å². The molecule has 0 fully saturated rings. The van der Waals surface area contributed by atoms with Crippen LogP contribution in [0.4, 0.5) is 13.2 Å². The highest BCUT2D eigenvalue weighted by Crippen LogP contribution is 2.33. The number of halogens is 3. The summed E-state index contributed by atoms with van der Waals surface area (Å²) < 4.78 is 44.1. The molecule has 0 saturated carbocycles. The van der Waals surface area contributed by atoms with Crippen LogP contribution in [-0.2, 0) is 15.7 Å². The Morgan fingerprint density at radius 1 is 1.11 bits per heavy atom. The molecular weight excluding hydrogens is 477 g/mol. The Bertz CT molecular complexity index is 1020. The third-order valence-electron chi connectivity index (χ3n) is 3.75. The molecule has 0 bridgehead atoms. The lowest BCUT2D eigenvalue weighted by molar-refractivity contribution is -0.141. The number of ether oxygens (including phenoxy) is 1. The largest absolute Gasteiger partial charge is 0.506 e. The van der Waals surface area contributed by atoms with Crippen molar-refractivity contribution < 1.29 is 32.9 Å². The Labute approximate surface area is 209 Å². The molecular formula is C25H33F3N4O4. The molecule has 0 aliphatic rings. The molecule has 2 rings (SSSR count). The number of hydrogen-bond acceptors (Lipinski definition) is 7. The maximum Gasteiger partial charge on any atom is 0.433 e. The molecule has 1 aromatic carbocycles. The van der Waals surface area contributed by atoms with E-state index in [0.717, 1.165) is 13.2 Å². The molecule has 198 valence electrons. The number of primary amides is 1. The van der Waals surface area contributed by atoms with Crippen LogP contribution < -0.4 is 11.5 Å². The summed E-state index contributed by atoms with van der Waals surface area (Å²) >= 11 is 0. The first-order chi connectivity index (χ1) is 16.8. The number of pyridine rings is 1. The van der Waals surface area contributed by atoms with Crippen molar-refractivity contribution in [3.05, 3.63) is 47.4 Å². The van der Waals surface area contributed by atoms with Gasteiger partial charge in [-0.25, -0.2) is 4.98 Å². The molecule has 0 saturated heterocycles. The predicted octanol–water partition coefficient (Wildman–Crippen LogP) is 3.79. The number of terminal acetylenes is 2. The Morgan fingerprint density at radius 3 is 2.03 bits per heavy atom. The van der Waals surface area contributed by atoms with Crippen LogP contribution in [0.25, 0.3) is 10.9 Å². The van der Waals surface area contributed by atoms with Crippen molar-refractivity contribution in [1.82, 2.24) is 4.98 Å². The number of carbonyl (C=O) groups is 1. The molecule has 11 heteroatoms. The summed E-state index contributed by atoms with van der Waals surface area (Å²) in [5, 5.41) is 25.3. The van der Waals surface area contributed by atoms with E-state index in [2.05, 4.69) is 36.4 Å². The summed E-state index contributed by atoms with van der Waals surface area (Å²) in [6.45, 7) is 6.20. The average Bonchev–Trinajstić information content (AvgIpc) is 2.85. The number of phenolic OH excluding ortho intramolecular Hbond substituents is 1. The Hall–Kier alpha value is -4.06. The Kier molecular flexibility index (Phi) is 18.5. The minimum absolute atomic E-state index is 0.00905. The molecule has 0 unspecified atom stereocenters. The van der Waals surface area contributed by atoms with Gasteiger partial charge in [-0.1, -0.05) is 20.8 Å². The molecule has 0 aliphatic carbocycles. The molecule has 0 atom stereocenters. The number of phenols is 1. The SMILES string of the molecule is C#C.C#C.CC(C)(C)C/C=C(\CN)OC(=N)c1ccc(O)c2nc(C(F)(F)F)ccc12.CO.NC=O. The predicted molar refractivity (Wildman–Crippen MR) is 136 cm³/mol. The van der Waals surface area contributed by atoms with Crippen molar-refractivity contribution in [3.63, 3.8) is 0 Å². The quantitative estimate of drug-likeness (QED) is 0.139. The van der Waals surface area contributed by atoms with Gasteiger partial charge in [0.1, 0.15) is 22.7 Å². The molecule has 36 heavy (non-hydrogen) atoms. The summed E-state index contributed by atoms with van der Waals surface area (Å²) in [5.41, 5.74) is 8.68. The van der Waals surface area contributed by atoms with Crippen molar-refractivity contribution in [1.29, 1.82) is 5.41 Å². The molecule has 7 N–H and O–H groups in total. The van der Waals surface area contributed by atoms with E-state index in [9.17, 15) is 18.3 Å². The minimum atomic E-state index is -4.64. The second-order valence-corrected chi connectivity index (χ2v) is 7.43. The van der Waals surface area contributed by atoms with E-state index in [1.54, 1.807) is 6.08 Å². The molecule has 8 nitrogen and oxygen atoms in total. The van der Waals surface area contributed by atoms with Gasteiger partial charge in [0.25, 0.3) is 0 Å². The van der Waals surface area contributed by atoms with Crippen LogP contribution in [0, 0.1) is 36.5 Å². The molecule has 0 aliphatic heterocycles. The topological polar surface area (TPSA) is 156 Å². The summed E-state index contributed by atoms with van der Waals surface area (Å²) in [7, 11) is 1.00. The fourth-order valence-corrected chi connectivity index (χ4v) is 2.33. The highest BCUT2D eigenvalue weighted by Gasteiger charge is 2.33. The number of nitrogens with zero attached hydrogens (tertiary/aromatic N) is 1. The van der Waals surface area contributed by atoms with Crippen LogP contribution in [0.2, 0.25) is 0 Å². The van der Waals surface area contributed by atoms with Gasteiger partial charge < -0.3 is 26.4 Å². The zero-order valence-corrected chi connectivity index (χ0v) is 20.6. The maximum absolute atomic E-state index is 12.9. The maximum atomic E-state index is 12.9. The number of carbonyl (C=O) groups excluding carboxylic acids is 1. The van der Waals surface area contributed by atoms with E-state index < -0.39 is 17.6 Å². The normalized spacial score (nSPS) is 10.4. The molecule has 1 aromatic heterocycles. The zero-order chi connectivity index (χ0) is 29.1. The number of allylic oxidation sites excluding steroid dienone is 1. The number of hydrogen-bond donors (Lipinski definition) is 5. The first-order valence-corrected chi connectivity index (χ1v) is 9.96. The van der Waals surface area contributed by atoms with E-state index in [1.807, 2.05) is 20.8 Å². The molecule has 1 heterocycles. The summed E-state index contributed by atoms with van der Waals surface area (Å²) in [5.74, 6) is -0.307. The Balaban J connectivity index is -0.00000108. The number of benzene rings is 1. The molecule has 2 aromatic rings. The second kappa shape index (κ2) is 18.3. The first-order valence-electron chi connectivity index (χ1n) is 9.96. The third kappa shape index (κ3) is 13.0. The molecule has 0 spiro atoms. The van der Waals surface area contributed by atoms with Gasteiger partial charge in [-0.3, -0.25) is 10.2 Å². The van der Waals surface area contributed by atoms with Crippen LogP contribution in [0.1, 0.15) is 38.4 Å². The van der Waals surface area contributed by atoms with Gasteiger partial charge in [-0.15, -0.1) is 25.7 Å². The van der Waals surface area contributed by atoms with Crippen LogP contribution in [0.3, 0.4) is 0 Å². The van der Waals surface area contributed by atoms with Gasteiger partial charge in [0, 0.05) is 18.1 Å². The molecule has 0 radical (unpaired) electrons. The van der Waals surface area contributed by atoms with Crippen molar-refractivity contribution in [2.24, 2.45) is 16.9 Å². The lowest BCUT2D eigenvalue weighted by Gasteiger charge is -2.17. The average molecular weight is 511 g/mol. The number of aliphatic hydroxyl groups excluding tert-OH is 1. The van der Waals surface area contributed by atoms with E-state index >= 15 is 0 Å². The van der Waals surface area contributed by atoms with Gasteiger partial charge in [0.05, 0.1) is 6.54 Å². The molecule has 1 amide bonds. The van der Waals surface area contributed by atoms with E-state index in [-0.39, 0.29) is 40.7 Å². The van der Waals surface area contributed by atoms with E-state index in [4.69, 9.17) is 25.8 Å². The van der Waals surface area contributed by atoms with Gasteiger partial charge in [-0.05, 0) is 42.2 Å². The number of alkyl halides is 3. The smallest absolute Gasteiger partial charge is 0.433 e. The zero-order valence-electron chi connectivity index (χ0n) is 20.6. The highest BCUT2D eigenvalue weighted by molar-refractivity contribution is 6.06. The number of nitrogens with two attached hydrogens (primary N) is 2. The van der Waals surface area contributed by atoms with E-state index in [0.29, 0.717) is 12.2 Å². The van der Waals surface area contributed by atoms with Crippen molar-refractivity contribution in [3.8, 4) is 31.4 Å². The van der Waals surface area contributed by atoms with Crippen molar-refractivity contribution >= 4 is 23.2 Å². The van der Waals surface area contributed by atoms with Gasteiger partial charge in [0.2, 0.25) is 12.3 Å². The number of nitrogens with one attached hydrogen (secondary N) is 1. The van der Waals surface area contributed by atoms with Gasteiger partial charge >= 0.3 is 6.18 Å². The van der Waals surface area contributed by atoms with Crippen LogP contribution in [0.5, 0.6) is 5.75 Å².